The van der Waals surface area contributed by atoms with Crippen molar-refractivity contribution in [3.05, 3.63) is 70.2 Å². The van der Waals surface area contributed by atoms with Gasteiger partial charge < -0.3 is 14.8 Å². The minimum atomic E-state index is 0.441. The molecule has 0 saturated carbocycles. The highest BCUT2D eigenvalue weighted by Crippen LogP contribution is 2.34. The van der Waals surface area contributed by atoms with E-state index in [0.717, 1.165) is 22.1 Å². The van der Waals surface area contributed by atoms with Gasteiger partial charge in [-0.3, -0.25) is 5.43 Å². The maximum atomic E-state index is 6.09. The third-order valence-electron chi connectivity index (χ3n) is 4.25. The van der Waals surface area contributed by atoms with Crippen molar-refractivity contribution in [2.75, 3.05) is 13.7 Å². The van der Waals surface area contributed by atoms with Gasteiger partial charge in [0.05, 0.1) is 13.3 Å². The van der Waals surface area contributed by atoms with Gasteiger partial charge in [-0.25, -0.2) is 0 Å². The van der Waals surface area contributed by atoms with Crippen LogP contribution in [0.15, 0.2) is 64.2 Å². The highest BCUT2D eigenvalue weighted by Gasteiger charge is 2.11. The van der Waals surface area contributed by atoms with E-state index in [-0.39, 0.29) is 0 Å². The molecule has 0 saturated heterocycles. The average Bonchev–Trinajstić information content (AvgIpc) is 2.73. The van der Waals surface area contributed by atoms with Gasteiger partial charge in [-0.2, -0.15) is 5.10 Å². The Balaban J connectivity index is 1.77. The standard InChI is InChI=1S/C22H22BrN3O2S/c1-3-24-22(29)26-25-13-17-11-20(27-2)21(12-19(17)23)28-14-16-9-6-8-15-7-4-5-10-18(15)16/h4-13H,3,14H2,1-2H3,(H2,24,26,29). The molecule has 7 heteroatoms. The molecular formula is C22H22BrN3O2S. The van der Waals surface area contributed by atoms with Crippen molar-refractivity contribution in [3.63, 3.8) is 0 Å². The summed E-state index contributed by atoms with van der Waals surface area (Å²) in [5, 5.41) is 9.97. The molecule has 0 aromatic heterocycles. The van der Waals surface area contributed by atoms with Gasteiger partial charge in [0.1, 0.15) is 6.61 Å². The zero-order valence-corrected chi connectivity index (χ0v) is 18.6. The van der Waals surface area contributed by atoms with Crippen LogP contribution in [0.3, 0.4) is 0 Å². The highest BCUT2D eigenvalue weighted by molar-refractivity contribution is 9.10. The van der Waals surface area contributed by atoms with E-state index in [1.165, 1.54) is 10.8 Å². The first-order valence-electron chi connectivity index (χ1n) is 9.16. The number of hydrogen-bond donors (Lipinski definition) is 2. The SMILES string of the molecule is CCNC(=S)NN=Cc1cc(OC)c(OCc2cccc3ccccc23)cc1Br. The lowest BCUT2D eigenvalue weighted by Gasteiger charge is -2.14. The summed E-state index contributed by atoms with van der Waals surface area (Å²) in [5.41, 5.74) is 4.73. The number of fused-ring (bicyclic) bond motifs is 1. The van der Waals surface area contributed by atoms with Crippen LogP contribution in [0.1, 0.15) is 18.1 Å². The molecule has 0 aliphatic rings. The van der Waals surface area contributed by atoms with Crippen LogP contribution in [-0.4, -0.2) is 25.0 Å². The third kappa shape index (κ3) is 5.46. The van der Waals surface area contributed by atoms with Crippen molar-refractivity contribution in [2.45, 2.75) is 13.5 Å². The summed E-state index contributed by atoms with van der Waals surface area (Å²) in [5.74, 6) is 1.28. The van der Waals surface area contributed by atoms with Gasteiger partial charge in [0, 0.05) is 16.6 Å². The van der Waals surface area contributed by atoms with Crippen LogP contribution >= 0.6 is 28.1 Å². The number of nitrogens with zero attached hydrogens (tertiary/aromatic N) is 1. The summed E-state index contributed by atoms with van der Waals surface area (Å²) in [7, 11) is 1.62. The van der Waals surface area contributed by atoms with Crippen molar-refractivity contribution in [2.24, 2.45) is 5.10 Å². The minimum Gasteiger partial charge on any atom is -0.493 e. The lowest BCUT2D eigenvalue weighted by molar-refractivity contribution is 0.285. The van der Waals surface area contributed by atoms with E-state index < -0.39 is 0 Å². The second-order valence-corrected chi connectivity index (χ2v) is 7.44. The van der Waals surface area contributed by atoms with Gasteiger partial charge in [0.15, 0.2) is 16.6 Å². The fourth-order valence-electron chi connectivity index (χ4n) is 2.86. The van der Waals surface area contributed by atoms with Gasteiger partial charge in [0.2, 0.25) is 0 Å². The quantitative estimate of drug-likeness (QED) is 0.288. The normalized spacial score (nSPS) is 10.9. The molecule has 2 N–H and O–H groups in total. The zero-order chi connectivity index (χ0) is 20.6. The van der Waals surface area contributed by atoms with Crippen LogP contribution in [0.2, 0.25) is 0 Å². The Kier molecular flexibility index (Phi) is 7.43. The van der Waals surface area contributed by atoms with Crippen molar-refractivity contribution in [1.29, 1.82) is 0 Å². The molecule has 29 heavy (non-hydrogen) atoms. The molecule has 0 fully saturated rings. The minimum absolute atomic E-state index is 0.441. The van der Waals surface area contributed by atoms with Crippen molar-refractivity contribution in [1.82, 2.24) is 10.7 Å². The van der Waals surface area contributed by atoms with E-state index in [1.807, 2.05) is 37.3 Å². The van der Waals surface area contributed by atoms with E-state index >= 15 is 0 Å². The first kappa shape index (κ1) is 21.1. The second-order valence-electron chi connectivity index (χ2n) is 6.18. The zero-order valence-electron chi connectivity index (χ0n) is 16.2. The first-order valence-corrected chi connectivity index (χ1v) is 10.4. The number of thiocarbonyl (C=S) groups is 1. The number of rotatable bonds is 7. The molecule has 0 spiro atoms. The number of halogens is 1. The molecule has 3 rings (SSSR count). The van der Waals surface area contributed by atoms with Crippen molar-refractivity contribution in [3.8, 4) is 11.5 Å². The van der Waals surface area contributed by atoms with E-state index in [4.69, 9.17) is 21.7 Å². The van der Waals surface area contributed by atoms with Gasteiger partial charge >= 0.3 is 0 Å². The Bertz CT molecular complexity index is 1030. The smallest absolute Gasteiger partial charge is 0.186 e. The Morgan fingerprint density at radius 1 is 1.14 bits per heavy atom. The predicted octanol–water partition coefficient (Wildman–Crippen LogP) is 5.01. The van der Waals surface area contributed by atoms with Gasteiger partial charge in [-0.15, -0.1) is 0 Å². The molecule has 0 heterocycles. The molecule has 0 radical (unpaired) electrons. The second kappa shape index (κ2) is 10.2. The lowest BCUT2D eigenvalue weighted by atomic mass is 10.1. The Hall–Kier alpha value is -2.64. The molecular weight excluding hydrogens is 450 g/mol. The van der Waals surface area contributed by atoms with Crippen LogP contribution in [0, 0.1) is 0 Å². The number of hydrazone groups is 1. The summed E-state index contributed by atoms with van der Waals surface area (Å²) in [6.07, 6.45) is 1.67. The molecule has 0 bridgehead atoms. The van der Waals surface area contributed by atoms with Gasteiger partial charge in [-0.1, -0.05) is 42.5 Å². The molecule has 0 aliphatic heterocycles. The Morgan fingerprint density at radius 2 is 1.93 bits per heavy atom. The summed E-state index contributed by atoms with van der Waals surface area (Å²) >= 11 is 8.66. The largest absolute Gasteiger partial charge is 0.493 e. The molecule has 5 nitrogen and oxygen atoms in total. The van der Waals surface area contributed by atoms with E-state index in [9.17, 15) is 0 Å². The summed E-state index contributed by atoms with van der Waals surface area (Å²) in [6, 6.07) is 18.2. The number of ether oxygens (including phenoxy) is 2. The monoisotopic (exact) mass is 471 g/mol. The molecule has 0 amide bonds. The number of methoxy groups -OCH3 is 1. The lowest BCUT2D eigenvalue weighted by Crippen LogP contribution is -2.31. The Morgan fingerprint density at radius 3 is 2.72 bits per heavy atom. The van der Waals surface area contributed by atoms with Crippen LogP contribution in [0.4, 0.5) is 0 Å². The molecule has 3 aromatic rings. The fraction of sp³-hybridized carbons (Fsp3) is 0.182. The van der Waals surface area contributed by atoms with Gasteiger partial charge in [0.25, 0.3) is 0 Å². The maximum Gasteiger partial charge on any atom is 0.186 e. The molecule has 3 aromatic carbocycles. The van der Waals surface area contributed by atoms with Gasteiger partial charge in [-0.05, 0) is 63.5 Å². The predicted molar refractivity (Wildman–Crippen MR) is 126 cm³/mol. The summed E-state index contributed by atoms with van der Waals surface area (Å²) < 4.78 is 12.4. The third-order valence-corrected chi connectivity index (χ3v) is 5.18. The first-order chi connectivity index (χ1) is 14.1. The molecule has 150 valence electrons. The topological polar surface area (TPSA) is 54.9 Å². The van der Waals surface area contributed by atoms with Crippen LogP contribution in [0.25, 0.3) is 10.8 Å². The summed E-state index contributed by atoms with van der Waals surface area (Å²) in [6.45, 7) is 3.15. The fourth-order valence-corrected chi connectivity index (χ4v) is 3.48. The molecule has 0 unspecified atom stereocenters. The number of nitrogens with one attached hydrogen (secondary N) is 2. The average molecular weight is 472 g/mol. The molecule has 0 aliphatic carbocycles. The summed E-state index contributed by atoms with van der Waals surface area (Å²) in [4.78, 5) is 0. The van der Waals surface area contributed by atoms with Crippen LogP contribution in [0.5, 0.6) is 11.5 Å². The number of hydrogen-bond acceptors (Lipinski definition) is 4. The van der Waals surface area contributed by atoms with E-state index in [1.54, 1.807) is 13.3 Å². The highest BCUT2D eigenvalue weighted by atomic mass is 79.9. The molecule has 0 atom stereocenters. The number of benzene rings is 3. The Labute approximate surface area is 184 Å². The van der Waals surface area contributed by atoms with E-state index in [2.05, 4.69) is 56.0 Å². The van der Waals surface area contributed by atoms with Crippen molar-refractivity contribution >= 4 is 50.2 Å². The maximum absolute atomic E-state index is 6.09. The van der Waals surface area contributed by atoms with E-state index in [0.29, 0.717) is 23.2 Å². The van der Waals surface area contributed by atoms with Crippen molar-refractivity contribution < 1.29 is 9.47 Å². The van der Waals surface area contributed by atoms with Crippen LogP contribution in [-0.2, 0) is 6.61 Å². The van der Waals surface area contributed by atoms with Crippen LogP contribution < -0.4 is 20.2 Å².